The predicted molar refractivity (Wildman–Crippen MR) is 82.7 cm³/mol. The lowest BCUT2D eigenvalue weighted by atomic mass is 10.3. The summed E-state index contributed by atoms with van der Waals surface area (Å²) < 4.78 is 0. The largest absolute Gasteiger partial charge is 0.372 e. The number of rotatable bonds is 4. The quantitative estimate of drug-likeness (QED) is 0.896. The molecule has 2 N–H and O–H groups in total. The van der Waals surface area contributed by atoms with Gasteiger partial charge in [-0.05, 0) is 25.8 Å². The molecule has 1 aliphatic rings. The molecule has 7 heteroatoms. The van der Waals surface area contributed by atoms with E-state index in [0.717, 1.165) is 25.9 Å². The van der Waals surface area contributed by atoms with E-state index in [1.54, 1.807) is 13.1 Å². The van der Waals surface area contributed by atoms with Crippen LogP contribution in [0.3, 0.4) is 0 Å². The number of halogens is 2. The zero-order chi connectivity index (χ0) is 14.7. The highest BCUT2D eigenvalue weighted by atomic mass is 35.5. The summed E-state index contributed by atoms with van der Waals surface area (Å²) in [7, 11) is 1.73. The molecular formula is C13H18Cl2N4O. The third-order valence-electron chi connectivity index (χ3n) is 3.31. The first-order valence-corrected chi connectivity index (χ1v) is 7.37. The number of pyridine rings is 1. The Morgan fingerprint density at radius 2 is 1.90 bits per heavy atom. The van der Waals surface area contributed by atoms with Gasteiger partial charge in [-0.25, -0.2) is 4.98 Å². The van der Waals surface area contributed by atoms with Crippen LogP contribution in [0.4, 0.5) is 11.6 Å². The molecule has 1 fully saturated rings. The van der Waals surface area contributed by atoms with Crippen molar-refractivity contribution >= 4 is 40.7 Å². The van der Waals surface area contributed by atoms with Crippen LogP contribution >= 0.6 is 23.2 Å². The van der Waals surface area contributed by atoms with Crippen LogP contribution in [0, 0.1) is 0 Å². The smallest absolute Gasteiger partial charge is 0.244 e. The number of hydrogen-bond acceptors (Lipinski definition) is 4. The summed E-state index contributed by atoms with van der Waals surface area (Å²) >= 11 is 12.1. The number of likely N-dealkylation sites (tertiary alicyclic amines) is 1. The van der Waals surface area contributed by atoms with Crippen LogP contribution in [0.25, 0.3) is 0 Å². The van der Waals surface area contributed by atoms with Gasteiger partial charge in [0.05, 0.1) is 10.0 Å². The fourth-order valence-electron chi connectivity index (χ4n) is 2.22. The Hall–Kier alpha value is -1.20. The number of hydrogen-bond donors (Lipinski definition) is 2. The summed E-state index contributed by atoms with van der Waals surface area (Å²) in [5, 5.41) is 6.78. The number of amides is 1. The Balaban J connectivity index is 2.10. The highest BCUT2D eigenvalue weighted by molar-refractivity contribution is 6.37. The first-order valence-electron chi connectivity index (χ1n) is 6.62. The molecule has 0 bridgehead atoms. The first kappa shape index (κ1) is 15.2. The summed E-state index contributed by atoms with van der Waals surface area (Å²) in [6.45, 7) is 3.47. The number of nitrogens with zero attached hydrogens (tertiary/aromatic N) is 2. The summed E-state index contributed by atoms with van der Waals surface area (Å²) in [5.74, 6) is 1.06. The topological polar surface area (TPSA) is 57.3 Å². The van der Waals surface area contributed by atoms with Gasteiger partial charge in [-0.3, -0.25) is 4.79 Å². The van der Waals surface area contributed by atoms with Gasteiger partial charge in [0.25, 0.3) is 0 Å². The van der Waals surface area contributed by atoms with Crippen molar-refractivity contribution in [3.8, 4) is 0 Å². The average Bonchev–Trinajstić information content (AvgIpc) is 2.94. The highest BCUT2D eigenvalue weighted by Crippen LogP contribution is 2.29. The lowest BCUT2D eigenvalue weighted by molar-refractivity contribution is -0.130. The average molecular weight is 317 g/mol. The molecule has 1 amide bonds. The van der Waals surface area contributed by atoms with Gasteiger partial charge in [0.2, 0.25) is 5.91 Å². The van der Waals surface area contributed by atoms with Gasteiger partial charge < -0.3 is 15.5 Å². The molecule has 2 heterocycles. The first-order chi connectivity index (χ1) is 9.52. The van der Waals surface area contributed by atoms with Crippen molar-refractivity contribution in [1.29, 1.82) is 0 Å². The second-order valence-electron chi connectivity index (χ2n) is 4.80. The molecule has 0 spiro atoms. The van der Waals surface area contributed by atoms with Gasteiger partial charge >= 0.3 is 0 Å². The molecule has 1 aromatic rings. The van der Waals surface area contributed by atoms with Gasteiger partial charge in [0.15, 0.2) is 0 Å². The standard InChI is InChI=1S/C13H18Cl2N4O/c1-8(13(20)19-5-3-4-6-19)17-12-10(15)7-9(14)11(16-2)18-12/h7-8H,3-6H2,1-2H3,(H2,16,17,18). The van der Waals surface area contributed by atoms with Crippen LogP contribution in [0.1, 0.15) is 19.8 Å². The molecule has 0 aromatic carbocycles. The molecule has 1 aliphatic heterocycles. The van der Waals surface area contributed by atoms with Crippen LogP contribution in [0.2, 0.25) is 10.0 Å². The van der Waals surface area contributed by atoms with Crippen LogP contribution in [-0.4, -0.2) is 42.0 Å². The van der Waals surface area contributed by atoms with E-state index in [1.807, 2.05) is 11.8 Å². The molecular weight excluding hydrogens is 299 g/mol. The SMILES string of the molecule is CNc1nc(NC(C)C(=O)N2CCCC2)c(Cl)cc1Cl. The summed E-state index contributed by atoms with van der Waals surface area (Å²) in [6, 6.07) is 1.24. The van der Waals surface area contributed by atoms with Crippen LogP contribution in [0.15, 0.2) is 6.07 Å². The summed E-state index contributed by atoms with van der Waals surface area (Å²) in [6.07, 6.45) is 2.14. The maximum Gasteiger partial charge on any atom is 0.244 e. The van der Waals surface area contributed by atoms with E-state index in [4.69, 9.17) is 23.2 Å². The summed E-state index contributed by atoms with van der Waals surface area (Å²) in [5.41, 5.74) is 0. The zero-order valence-corrected chi connectivity index (χ0v) is 13.1. The van der Waals surface area contributed by atoms with E-state index in [0.29, 0.717) is 21.7 Å². The molecule has 1 saturated heterocycles. The molecule has 1 aromatic heterocycles. The van der Waals surface area contributed by atoms with Crippen molar-refractivity contribution < 1.29 is 4.79 Å². The molecule has 110 valence electrons. The minimum absolute atomic E-state index is 0.0707. The monoisotopic (exact) mass is 316 g/mol. The van der Waals surface area contributed by atoms with Crippen LogP contribution in [0.5, 0.6) is 0 Å². The molecule has 0 saturated carbocycles. The number of carbonyl (C=O) groups excluding carboxylic acids is 1. The fraction of sp³-hybridized carbons (Fsp3) is 0.538. The van der Waals surface area contributed by atoms with Crippen molar-refractivity contribution in [2.45, 2.75) is 25.8 Å². The Morgan fingerprint density at radius 3 is 2.50 bits per heavy atom. The van der Waals surface area contributed by atoms with E-state index in [-0.39, 0.29) is 11.9 Å². The molecule has 20 heavy (non-hydrogen) atoms. The van der Waals surface area contributed by atoms with Crippen molar-refractivity contribution in [2.75, 3.05) is 30.8 Å². The third-order valence-corrected chi connectivity index (χ3v) is 3.88. The van der Waals surface area contributed by atoms with Crippen LogP contribution < -0.4 is 10.6 Å². The van der Waals surface area contributed by atoms with E-state index in [2.05, 4.69) is 15.6 Å². The van der Waals surface area contributed by atoms with Crippen molar-refractivity contribution in [1.82, 2.24) is 9.88 Å². The van der Waals surface area contributed by atoms with Gasteiger partial charge in [0.1, 0.15) is 17.7 Å². The van der Waals surface area contributed by atoms with Crippen molar-refractivity contribution in [2.24, 2.45) is 0 Å². The Labute approximate surface area is 128 Å². The van der Waals surface area contributed by atoms with Gasteiger partial charge in [0, 0.05) is 20.1 Å². The van der Waals surface area contributed by atoms with Gasteiger partial charge in [-0.2, -0.15) is 0 Å². The number of aromatic nitrogens is 1. The molecule has 0 radical (unpaired) electrons. The van der Waals surface area contributed by atoms with E-state index < -0.39 is 0 Å². The number of anilines is 2. The van der Waals surface area contributed by atoms with Crippen molar-refractivity contribution in [3.63, 3.8) is 0 Å². The van der Waals surface area contributed by atoms with Gasteiger partial charge in [-0.1, -0.05) is 23.2 Å². The van der Waals surface area contributed by atoms with Crippen LogP contribution in [-0.2, 0) is 4.79 Å². The lowest BCUT2D eigenvalue weighted by Gasteiger charge is -2.22. The number of nitrogens with one attached hydrogen (secondary N) is 2. The maximum atomic E-state index is 12.2. The third kappa shape index (κ3) is 3.27. The Bertz CT molecular complexity index is 503. The van der Waals surface area contributed by atoms with Gasteiger partial charge in [-0.15, -0.1) is 0 Å². The molecule has 2 rings (SSSR count). The Morgan fingerprint density at radius 1 is 1.30 bits per heavy atom. The lowest BCUT2D eigenvalue weighted by Crippen LogP contribution is -2.39. The number of carbonyl (C=O) groups is 1. The molecule has 5 nitrogen and oxygen atoms in total. The second-order valence-corrected chi connectivity index (χ2v) is 5.61. The zero-order valence-electron chi connectivity index (χ0n) is 11.5. The maximum absolute atomic E-state index is 12.2. The molecule has 0 aliphatic carbocycles. The second kappa shape index (κ2) is 6.50. The van der Waals surface area contributed by atoms with E-state index >= 15 is 0 Å². The molecule has 1 unspecified atom stereocenters. The minimum Gasteiger partial charge on any atom is -0.372 e. The normalized spacial score (nSPS) is 16.1. The summed E-state index contributed by atoms with van der Waals surface area (Å²) in [4.78, 5) is 18.4. The Kier molecular flexibility index (Phi) is 4.94. The highest BCUT2D eigenvalue weighted by Gasteiger charge is 2.24. The predicted octanol–water partition coefficient (Wildman–Crippen LogP) is 2.85. The van der Waals surface area contributed by atoms with E-state index in [1.165, 1.54) is 0 Å². The minimum atomic E-state index is -0.371. The van der Waals surface area contributed by atoms with E-state index in [9.17, 15) is 4.79 Å². The fourth-order valence-corrected chi connectivity index (χ4v) is 2.73. The van der Waals surface area contributed by atoms with Crippen molar-refractivity contribution in [3.05, 3.63) is 16.1 Å². The molecule has 1 atom stereocenters.